The molecular formula is C29H24N4O4S2. The highest BCUT2D eigenvalue weighted by atomic mass is 32.2. The molecule has 0 spiro atoms. The van der Waals surface area contributed by atoms with Crippen molar-refractivity contribution < 1.29 is 8.42 Å². The molecule has 3 aromatic carbocycles. The predicted octanol–water partition coefficient (Wildman–Crippen LogP) is 4.04. The maximum absolute atomic E-state index is 12.4. The first kappa shape index (κ1) is 25.1. The van der Waals surface area contributed by atoms with E-state index in [-0.39, 0.29) is 4.90 Å². The second-order valence-electron chi connectivity index (χ2n) is 9.68. The molecule has 1 atom stereocenters. The average molecular weight is 557 g/mol. The fourth-order valence-corrected chi connectivity index (χ4v) is 7.23. The van der Waals surface area contributed by atoms with Gasteiger partial charge in [0.25, 0.3) is 5.56 Å². The van der Waals surface area contributed by atoms with E-state index in [4.69, 9.17) is 4.98 Å². The molecule has 1 unspecified atom stereocenters. The molecule has 0 fully saturated rings. The number of aromatic amines is 1. The number of aromatic nitrogens is 4. The van der Waals surface area contributed by atoms with Crippen molar-refractivity contribution in [1.29, 1.82) is 0 Å². The molecule has 2 heterocycles. The predicted molar refractivity (Wildman–Crippen MR) is 150 cm³/mol. The van der Waals surface area contributed by atoms with Gasteiger partial charge in [0.2, 0.25) is 0 Å². The lowest BCUT2D eigenvalue weighted by Gasteiger charge is -2.29. The Kier molecular flexibility index (Phi) is 5.96. The van der Waals surface area contributed by atoms with Gasteiger partial charge in [-0.2, -0.15) is 9.78 Å². The number of benzene rings is 3. The van der Waals surface area contributed by atoms with Gasteiger partial charge in [0.05, 0.1) is 21.7 Å². The summed E-state index contributed by atoms with van der Waals surface area (Å²) in [6.07, 6.45) is 3.71. The summed E-state index contributed by atoms with van der Waals surface area (Å²) in [7, 11) is -3.35. The van der Waals surface area contributed by atoms with Gasteiger partial charge >= 0.3 is 5.69 Å². The van der Waals surface area contributed by atoms with E-state index in [0.29, 0.717) is 12.1 Å². The Hall–Kier alpha value is -4.15. The van der Waals surface area contributed by atoms with Crippen LogP contribution in [0.1, 0.15) is 33.0 Å². The Bertz CT molecular complexity index is 1940. The van der Waals surface area contributed by atoms with Gasteiger partial charge in [-0.1, -0.05) is 48.5 Å². The van der Waals surface area contributed by atoms with Gasteiger partial charge in [-0.3, -0.25) is 9.78 Å². The summed E-state index contributed by atoms with van der Waals surface area (Å²) in [5, 5.41) is 4.93. The molecule has 0 aliphatic heterocycles. The minimum Gasteiger partial charge on any atom is -0.271 e. The molecule has 0 bridgehead atoms. The van der Waals surface area contributed by atoms with Crippen molar-refractivity contribution in [2.45, 2.75) is 30.1 Å². The third-order valence-electron chi connectivity index (χ3n) is 7.26. The Balaban J connectivity index is 1.55. The van der Waals surface area contributed by atoms with E-state index in [2.05, 4.69) is 17.0 Å². The van der Waals surface area contributed by atoms with Crippen LogP contribution in [0.25, 0.3) is 16.9 Å². The fraction of sp³-hybridized carbons (Fsp3) is 0.172. The van der Waals surface area contributed by atoms with Crippen LogP contribution < -0.4 is 11.2 Å². The first-order valence-corrected chi connectivity index (χ1v) is 15.0. The number of rotatable bonds is 5. The molecule has 0 radical (unpaired) electrons. The zero-order chi connectivity index (χ0) is 27.4. The zero-order valence-corrected chi connectivity index (χ0v) is 22.8. The fourth-order valence-electron chi connectivity index (χ4n) is 5.40. The highest BCUT2D eigenvalue weighted by molar-refractivity contribution is 7.90. The number of nitrogens with zero attached hydrogens (tertiary/aromatic N) is 3. The standard InChI is InChI=1S/C29H24N4O4S2/c1-18-26(19-6-4-3-5-7-19)32-27(38-18)29(21-8-11-23(12-9-21)39(2,36)37)15-14-20-16-22(10-13-24(20)29)33-28(35)31-25(34)17-30-33/h3-13,16-17H,14-15H2,1-2H3,(H,31,34,35). The summed E-state index contributed by atoms with van der Waals surface area (Å²) in [5.41, 5.74) is 3.79. The summed E-state index contributed by atoms with van der Waals surface area (Å²) in [5.74, 6) is 0. The van der Waals surface area contributed by atoms with Crippen LogP contribution in [0.4, 0.5) is 0 Å². The number of aryl methyl sites for hydroxylation is 2. The molecule has 10 heteroatoms. The van der Waals surface area contributed by atoms with Crippen molar-refractivity contribution in [2.24, 2.45) is 0 Å². The van der Waals surface area contributed by atoms with E-state index in [9.17, 15) is 18.0 Å². The summed E-state index contributed by atoms with van der Waals surface area (Å²) in [6, 6.07) is 22.8. The third kappa shape index (κ3) is 4.25. The van der Waals surface area contributed by atoms with Crippen LogP contribution >= 0.6 is 11.3 Å². The molecule has 2 aromatic heterocycles. The molecule has 1 N–H and O–H groups in total. The SMILES string of the molecule is Cc1sc(C2(c3ccc(S(C)(=O)=O)cc3)CCc3cc(-n4ncc(=O)[nH]c4=O)ccc32)nc1-c1ccccc1. The van der Waals surface area contributed by atoms with Crippen molar-refractivity contribution in [3.63, 3.8) is 0 Å². The number of nitrogens with one attached hydrogen (secondary N) is 1. The highest BCUT2D eigenvalue weighted by Gasteiger charge is 2.45. The van der Waals surface area contributed by atoms with Gasteiger partial charge in [-0.25, -0.2) is 18.2 Å². The van der Waals surface area contributed by atoms with Gasteiger partial charge in [0, 0.05) is 16.7 Å². The normalized spacial score (nSPS) is 16.8. The summed E-state index contributed by atoms with van der Waals surface area (Å²) >= 11 is 1.64. The first-order chi connectivity index (χ1) is 18.7. The zero-order valence-electron chi connectivity index (χ0n) is 21.2. The summed E-state index contributed by atoms with van der Waals surface area (Å²) < 4.78 is 25.5. The van der Waals surface area contributed by atoms with Gasteiger partial charge in [0.15, 0.2) is 9.84 Å². The number of H-pyrrole nitrogens is 1. The number of thiazole rings is 1. The molecule has 0 saturated carbocycles. The van der Waals surface area contributed by atoms with Crippen LogP contribution in [0, 0.1) is 6.92 Å². The molecule has 196 valence electrons. The van der Waals surface area contributed by atoms with Gasteiger partial charge in [-0.15, -0.1) is 11.3 Å². The highest BCUT2D eigenvalue weighted by Crippen LogP contribution is 2.51. The third-order valence-corrected chi connectivity index (χ3v) is 9.52. The number of hydrogen-bond acceptors (Lipinski definition) is 7. The monoisotopic (exact) mass is 556 g/mol. The molecule has 0 saturated heterocycles. The summed E-state index contributed by atoms with van der Waals surface area (Å²) in [6.45, 7) is 2.07. The topological polar surface area (TPSA) is 115 Å². The van der Waals surface area contributed by atoms with Crippen LogP contribution in [-0.4, -0.2) is 34.4 Å². The van der Waals surface area contributed by atoms with E-state index in [0.717, 1.165) is 50.5 Å². The second-order valence-corrected chi connectivity index (χ2v) is 12.9. The van der Waals surface area contributed by atoms with Crippen LogP contribution in [0.15, 0.2) is 93.5 Å². The minimum absolute atomic E-state index is 0.263. The number of hydrogen-bond donors (Lipinski definition) is 1. The van der Waals surface area contributed by atoms with E-state index in [1.807, 2.05) is 60.7 Å². The largest absolute Gasteiger partial charge is 0.349 e. The van der Waals surface area contributed by atoms with Crippen molar-refractivity contribution in [1.82, 2.24) is 19.7 Å². The van der Waals surface area contributed by atoms with Crippen molar-refractivity contribution >= 4 is 21.2 Å². The van der Waals surface area contributed by atoms with Crippen LogP contribution in [0.5, 0.6) is 0 Å². The number of sulfone groups is 1. The molecular weight excluding hydrogens is 532 g/mol. The van der Waals surface area contributed by atoms with Gasteiger partial charge < -0.3 is 0 Å². The van der Waals surface area contributed by atoms with Gasteiger partial charge in [-0.05, 0) is 60.7 Å². The molecule has 1 aliphatic carbocycles. The quantitative estimate of drug-likeness (QED) is 0.350. The van der Waals surface area contributed by atoms with E-state index < -0.39 is 26.5 Å². The maximum Gasteiger partial charge on any atom is 0.349 e. The Morgan fingerprint density at radius 1 is 1.00 bits per heavy atom. The van der Waals surface area contributed by atoms with Crippen LogP contribution in [0.3, 0.4) is 0 Å². The second kappa shape index (κ2) is 9.25. The van der Waals surface area contributed by atoms with Crippen LogP contribution in [0.2, 0.25) is 0 Å². The van der Waals surface area contributed by atoms with E-state index in [1.54, 1.807) is 23.5 Å². The molecule has 5 aromatic rings. The molecule has 1 aliphatic rings. The van der Waals surface area contributed by atoms with Gasteiger partial charge in [0.1, 0.15) is 11.2 Å². The molecule has 39 heavy (non-hydrogen) atoms. The van der Waals surface area contributed by atoms with E-state index in [1.165, 1.54) is 10.9 Å². The van der Waals surface area contributed by atoms with Crippen molar-refractivity contribution in [2.75, 3.05) is 6.26 Å². The van der Waals surface area contributed by atoms with Crippen molar-refractivity contribution in [3.05, 3.63) is 126 Å². The smallest absolute Gasteiger partial charge is 0.271 e. The lowest BCUT2D eigenvalue weighted by Crippen LogP contribution is -2.30. The van der Waals surface area contributed by atoms with Crippen molar-refractivity contribution in [3.8, 4) is 16.9 Å². The van der Waals surface area contributed by atoms with E-state index >= 15 is 0 Å². The molecule has 8 nitrogen and oxygen atoms in total. The summed E-state index contributed by atoms with van der Waals surface area (Å²) in [4.78, 5) is 32.7. The average Bonchev–Trinajstić information content (AvgIpc) is 3.50. The minimum atomic E-state index is -3.35. The first-order valence-electron chi connectivity index (χ1n) is 12.3. The number of fused-ring (bicyclic) bond motifs is 1. The maximum atomic E-state index is 12.4. The Morgan fingerprint density at radius 3 is 2.44 bits per heavy atom. The Labute approximate surface area is 228 Å². The molecule has 0 amide bonds. The Morgan fingerprint density at radius 2 is 1.74 bits per heavy atom. The lowest BCUT2D eigenvalue weighted by atomic mass is 9.76. The molecule has 6 rings (SSSR count). The van der Waals surface area contributed by atoms with Crippen LogP contribution in [-0.2, 0) is 21.7 Å². The lowest BCUT2D eigenvalue weighted by molar-refractivity contribution is 0.598.